The Morgan fingerprint density at radius 2 is 1.18 bits per heavy atom. The molecule has 0 radical (unpaired) electrons. The number of nitrogens with zero attached hydrogens (tertiary/aromatic N) is 1. The molecule has 0 fully saturated rings. The van der Waals surface area contributed by atoms with Crippen LogP contribution < -0.4 is 5.32 Å². The zero-order chi connectivity index (χ0) is 39.9. The molecule has 1 heterocycles. The molecule has 0 amide bonds. The van der Waals surface area contributed by atoms with Crippen LogP contribution >= 0.6 is 0 Å². The number of carbonyl (C=O) groups is 1. The first-order valence-electron chi connectivity index (χ1n) is 20.1. The predicted octanol–water partition coefficient (Wildman–Crippen LogP) is 8.37. The third-order valence-electron chi connectivity index (χ3n) is 10.2. The van der Waals surface area contributed by atoms with E-state index in [0.717, 1.165) is 50.0 Å². The predicted molar refractivity (Wildman–Crippen MR) is 226 cm³/mol. The number of carbonyl (C=O) groups excluding carboxylic acids is 1. The minimum atomic E-state index is -0.405. The largest absolute Gasteiger partial charge is 0.453 e. The molecule has 0 saturated heterocycles. The molecule has 0 spiro atoms. The lowest BCUT2D eigenvalue weighted by molar-refractivity contribution is -0.139. The SMILES string of the molecule is CC(=O)OCC#CCC(CCN(C)CC1=CNCCC(COCc2ccccc2)(COCc2ccccc2)C1)(COCc1ccccc1)COCc1ccccc1. The van der Waals surface area contributed by atoms with E-state index < -0.39 is 5.41 Å². The van der Waals surface area contributed by atoms with Gasteiger partial charge in [0.25, 0.3) is 0 Å². The average molecular weight is 773 g/mol. The van der Waals surface area contributed by atoms with Crippen LogP contribution in [0.2, 0.25) is 0 Å². The zero-order valence-electron chi connectivity index (χ0n) is 33.8. The smallest absolute Gasteiger partial charge is 0.303 e. The summed E-state index contributed by atoms with van der Waals surface area (Å²) in [5, 5.41) is 3.59. The number of hydrogen-bond acceptors (Lipinski definition) is 8. The van der Waals surface area contributed by atoms with Gasteiger partial charge in [-0.05, 0) is 66.9 Å². The Morgan fingerprint density at radius 3 is 1.65 bits per heavy atom. The van der Waals surface area contributed by atoms with Crippen molar-refractivity contribution in [1.82, 2.24) is 10.2 Å². The molecular formula is C49H60N2O6. The van der Waals surface area contributed by atoms with E-state index in [1.54, 1.807) is 0 Å². The Balaban J connectivity index is 1.27. The number of likely N-dealkylation sites (N-methyl/N-ethyl adjacent to an activating group) is 1. The van der Waals surface area contributed by atoms with Gasteiger partial charge < -0.3 is 33.9 Å². The molecule has 0 aromatic heterocycles. The number of nitrogens with one attached hydrogen (secondary N) is 1. The Labute approximate surface area is 340 Å². The maximum absolute atomic E-state index is 11.4. The number of rotatable bonds is 23. The normalized spacial score (nSPS) is 13.8. The van der Waals surface area contributed by atoms with Gasteiger partial charge in [-0.1, -0.05) is 133 Å². The highest BCUT2D eigenvalue weighted by Gasteiger charge is 2.35. The molecule has 5 rings (SSSR count). The molecule has 1 aliphatic heterocycles. The molecule has 57 heavy (non-hydrogen) atoms. The van der Waals surface area contributed by atoms with Crippen LogP contribution in [0.1, 0.15) is 54.9 Å². The van der Waals surface area contributed by atoms with Gasteiger partial charge in [-0.15, -0.1) is 0 Å². The van der Waals surface area contributed by atoms with Crippen molar-refractivity contribution in [3.8, 4) is 11.8 Å². The van der Waals surface area contributed by atoms with Crippen LogP contribution in [0, 0.1) is 22.7 Å². The van der Waals surface area contributed by atoms with Gasteiger partial charge in [-0.3, -0.25) is 4.79 Å². The molecule has 1 aliphatic rings. The van der Waals surface area contributed by atoms with Crippen LogP contribution in [0.25, 0.3) is 0 Å². The van der Waals surface area contributed by atoms with Gasteiger partial charge in [0.2, 0.25) is 0 Å². The highest BCUT2D eigenvalue weighted by molar-refractivity contribution is 5.66. The Morgan fingerprint density at radius 1 is 0.702 bits per heavy atom. The van der Waals surface area contributed by atoms with Crippen molar-refractivity contribution in [2.45, 2.75) is 59.0 Å². The second-order valence-electron chi connectivity index (χ2n) is 15.4. The maximum atomic E-state index is 11.4. The number of esters is 1. The molecule has 8 nitrogen and oxygen atoms in total. The van der Waals surface area contributed by atoms with Crippen LogP contribution in [-0.4, -0.2) is 70.6 Å². The summed E-state index contributed by atoms with van der Waals surface area (Å²) in [6.07, 6.45) is 5.33. The summed E-state index contributed by atoms with van der Waals surface area (Å²) in [4.78, 5) is 13.8. The van der Waals surface area contributed by atoms with Gasteiger partial charge in [-0.25, -0.2) is 0 Å². The van der Waals surface area contributed by atoms with Crippen molar-refractivity contribution in [1.29, 1.82) is 0 Å². The molecule has 4 aromatic carbocycles. The summed E-state index contributed by atoms with van der Waals surface area (Å²) >= 11 is 0. The summed E-state index contributed by atoms with van der Waals surface area (Å²) in [5.41, 5.74) is 5.29. The maximum Gasteiger partial charge on any atom is 0.303 e. The second-order valence-corrected chi connectivity index (χ2v) is 15.4. The van der Waals surface area contributed by atoms with Crippen molar-refractivity contribution in [2.24, 2.45) is 10.8 Å². The molecule has 1 N–H and O–H groups in total. The van der Waals surface area contributed by atoms with Crippen molar-refractivity contribution in [2.75, 3.05) is 59.7 Å². The van der Waals surface area contributed by atoms with Crippen molar-refractivity contribution < 1.29 is 28.5 Å². The molecule has 302 valence electrons. The Bertz CT molecular complexity index is 1720. The molecule has 4 aromatic rings. The fourth-order valence-corrected chi connectivity index (χ4v) is 7.07. The van der Waals surface area contributed by atoms with Crippen molar-refractivity contribution >= 4 is 5.97 Å². The van der Waals surface area contributed by atoms with E-state index in [1.165, 1.54) is 23.6 Å². The Hall–Kier alpha value is -4.75. The summed E-state index contributed by atoms with van der Waals surface area (Å²) in [5.74, 6) is 6.02. The summed E-state index contributed by atoms with van der Waals surface area (Å²) < 4.78 is 30.9. The lowest BCUT2D eigenvalue weighted by Gasteiger charge is -2.35. The topological polar surface area (TPSA) is 78.5 Å². The molecule has 0 atom stereocenters. The third kappa shape index (κ3) is 16.3. The lowest BCUT2D eigenvalue weighted by atomic mass is 9.80. The fraction of sp³-hybridized carbons (Fsp3) is 0.408. The molecule has 8 heteroatoms. The number of ether oxygens (including phenoxy) is 5. The summed E-state index contributed by atoms with van der Waals surface area (Å²) in [6, 6.07) is 41.2. The molecule has 0 aliphatic carbocycles. The van der Waals surface area contributed by atoms with E-state index in [4.69, 9.17) is 23.7 Å². The third-order valence-corrected chi connectivity index (χ3v) is 10.2. The standard InChI is InChI=1S/C49H60N2O6/c1-42(52)57-30-16-15-25-48(38-53-34-43-17-7-3-8-18-43,39-54-35-44-19-9-4-10-20-44)27-29-51(2)33-47-31-49(26-28-50-32-47,40-55-36-45-21-11-5-12-22-45)41-56-37-46-23-13-6-14-24-46/h3-14,17-24,32,50H,25-31,33-41H2,1-2H3. The quantitative estimate of drug-likeness (QED) is 0.0596. The summed E-state index contributed by atoms with van der Waals surface area (Å²) in [7, 11) is 2.18. The monoisotopic (exact) mass is 772 g/mol. The second kappa shape index (κ2) is 24.1. The first-order chi connectivity index (χ1) is 27.9. The number of hydrogen-bond donors (Lipinski definition) is 1. The molecule has 0 unspecified atom stereocenters. The van der Waals surface area contributed by atoms with Crippen LogP contribution in [0.5, 0.6) is 0 Å². The van der Waals surface area contributed by atoms with Gasteiger partial charge in [0.15, 0.2) is 6.61 Å². The van der Waals surface area contributed by atoms with Gasteiger partial charge in [-0.2, -0.15) is 0 Å². The van der Waals surface area contributed by atoms with E-state index in [0.29, 0.717) is 59.3 Å². The van der Waals surface area contributed by atoms with Crippen LogP contribution in [0.3, 0.4) is 0 Å². The number of benzene rings is 4. The van der Waals surface area contributed by atoms with E-state index in [-0.39, 0.29) is 18.0 Å². The van der Waals surface area contributed by atoms with Gasteiger partial charge in [0.05, 0.1) is 52.9 Å². The molecule has 0 bridgehead atoms. The minimum absolute atomic E-state index is 0.0636. The zero-order valence-corrected chi connectivity index (χ0v) is 33.8. The first kappa shape index (κ1) is 43.4. The van der Waals surface area contributed by atoms with Gasteiger partial charge >= 0.3 is 5.97 Å². The Kier molecular flexibility index (Phi) is 18.4. The summed E-state index contributed by atoms with van der Waals surface area (Å²) in [6.45, 7) is 8.18. The van der Waals surface area contributed by atoms with Crippen molar-refractivity contribution in [3.05, 3.63) is 155 Å². The van der Waals surface area contributed by atoms with E-state index in [2.05, 4.69) is 108 Å². The fourth-order valence-electron chi connectivity index (χ4n) is 7.07. The van der Waals surface area contributed by atoms with Crippen LogP contribution in [0.15, 0.2) is 133 Å². The van der Waals surface area contributed by atoms with Crippen LogP contribution in [-0.2, 0) is 54.9 Å². The average Bonchev–Trinajstić information content (AvgIpc) is 3.43. The molecule has 0 saturated carbocycles. The van der Waals surface area contributed by atoms with Crippen molar-refractivity contribution in [3.63, 3.8) is 0 Å². The highest BCUT2D eigenvalue weighted by Crippen LogP contribution is 2.35. The minimum Gasteiger partial charge on any atom is -0.453 e. The van der Waals surface area contributed by atoms with Crippen LogP contribution in [0.4, 0.5) is 0 Å². The van der Waals surface area contributed by atoms with E-state index in [9.17, 15) is 4.79 Å². The highest BCUT2D eigenvalue weighted by atomic mass is 16.5. The van der Waals surface area contributed by atoms with E-state index in [1.807, 2.05) is 48.5 Å². The lowest BCUT2D eigenvalue weighted by Crippen LogP contribution is -2.37. The molecular weight excluding hydrogens is 713 g/mol. The first-order valence-corrected chi connectivity index (χ1v) is 20.1. The van der Waals surface area contributed by atoms with Gasteiger partial charge in [0, 0.05) is 37.3 Å². The van der Waals surface area contributed by atoms with Gasteiger partial charge in [0.1, 0.15) is 0 Å². The van der Waals surface area contributed by atoms with E-state index >= 15 is 0 Å².